The van der Waals surface area contributed by atoms with Crippen LogP contribution in [0.15, 0.2) is 0 Å². The lowest BCUT2D eigenvalue weighted by atomic mass is 10.1. The van der Waals surface area contributed by atoms with Crippen molar-refractivity contribution in [2.75, 3.05) is 6.61 Å². The van der Waals surface area contributed by atoms with Crippen molar-refractivity contribution in [3.63, 3.8) is 0 Å². The number of nitrogens with one attached hydrogen (secondary N) is 1. The van der Waals surface area contributed by atoms with Crippen LogP contribution in [-0.4, -0.2) is 29.9 Å². The number of hydroxylamine groups is 1. The molecular weight excluding hydrogens is 238 g/mol. The van der Waals surface area contributed by atoms with E-state index in [4.69, 9.17) is 14.7 Å². The van der Waals surface area contributed by atoms with Gasteiger partial charge in [-0.25, -0.2) is 9.59 Å². The lowest BCUT2D eigenvalue weighted by Gasteiger charge is -2.15. The van der Waals surface area contributed by atoms with E-state index in [9.17, 15) is 9.59 Å². The number of carboxylic acids is 1. The number of carbonyl (C=O) groups is 2. The van der Waals surface area contributed by atoms with Crippen molar-refractivity contribution in [3.8, 4) is 0 Å². The molecule has 0 aliphatic heterocycles. The highest BCUT2D eigenvalue weighted by atomic mass is 16.7. The summed E-state index contributed by atoms with van der Waals surface area (Å²) in [4.78, 5) is 26.8. The van der Waals surface area contributed by atoms with Gasteiger partial charge in [-0.15, -0.1) is 0 Å². The average molecular weight is 261 g/mol. The average Bonchev–Trinajstić information content (AvgIpc) is 2.22. The van der Waals surface area contributed by atoms with Crippen LogP contribution in [0.3, 0.4) is 0 Å². The van der Waals surface area contributed by atoms with Gasteiger partial charge in [0.1, 0.15) is 0 Å². The molecule has 6 heteroatoms. The van der Waals surface area contributed by atoms with Gasteiger partial charge in [0.25, 0.3) is 0 Å². The normalized spacial score (nSPS) is 12.6. The van der Waals surface area contributed by atoms with Crippen molar-refractivity contribution in [2.45, 2.75) is 46.6 Å². The largest absolute Gasteiger partial charge is 0.479 e. The zero-order chi connectivity index (χ0) is 14.1. The van der Waals surface area contributed by atoms with Crippen LogP contribution in [0.25, 0.3) is 0 Å². The topological polar surface area (TPSA) is 84.9 Å². The van der Waals surface area contributed by atoms with Crippen molar-refractivity contribution in [3.05, 3.63) is 0 Å². The SMILES string of the molecule is CC(C)CCOC(=O)NO[C@H](CC(C)C)C(=O)O. The Kier molecular flexibility index (Phi) is 8.11. The number of hydrogen-bond acceptors (Lipinski definition) is 4. The van der Waals surface area contributed by atoms with Crippen LogP contribution in [0.2, 0.25) is 0 Å². The van der Waals surface area contributed by atoms with E-state index in [0.717, 1.165) is 6.42 Å². The van der Waals surface area contributed by atoms with Gasteiger partial charge < -0.3 is 9.84 Å². The fourth-order valence-corrected chi connectivity index (χ4v) is 1.16. The summed E-state index contributed by atoms with van der Waals surface area (Å²) in [5.41, 5.74) is 2.00. The Balaban J connectivity index is 3.89. The maximum atomic E-state index is 11.2. The maximum absolute atomic E-state index is 11.2. The molecule has 0 spiro atoms. The molecule has 0 unspecified atom stereocenters. The summed E-state index contributed by atoms with van der Waals surface area (Å²) in [5.74, 6) is -0.512. The highest BCUT2D eigenvalue weighted by molar-refractivity contribution is 5.73. The summed E-state index contributed by atoms with van der Waals surface area (Å²) in [7, 11) is 0. The zero-order valence-electron chi connectivity index (χ0n) is 11.4. The van der Waals surface area contributed by atoms with E-state index in [1.165, 1.54) is 0 Å². The van der Waals surface area contributed by atoms with Crippen LogP contribution >= 0.6 is 0 Å². The Bertz CT molecular complexity index is 265. The third-order valence-corrected chi connectivity index (χ3v) is 2.17. The van der Waals surface area contributed by atoms with Gasteiger partial charge in [-0.1, -0.05) is 27.7 Å². The third-order valence-electron chi connectivity index (χ3n) is 2.17. The van der Waals surface area contributed by atoms with E-state index in [0.29, 0.717) is 12.3 Å². The smallest absolute Gasteiger partial charge is 0.431 e. The maximum Gasteiger partial charge on any atom is 0.431 e. The van der Waals surface area contributed by atoms with E-state index in [-0.39, 0.29) is 12.5 Å². The number of carboxylic acid groups (broad SMARTS) is 1. The van der Waals surface area contributed by atoms with Crippen molar-refractivity contribution < 1.29 is 24.3 Å². The molecule has 1 atom stereocenters. The van der Waals surface area contributed by atoms with Gasteiger partial charge in [0.2, 0.25) is 0 Å². The minimum Gasteiger partial charge on any atom is -0.479 e. The first-order valence-electron chi connectivity index (χ1n) is 6.14. The molecule has 6 nitrogen and oxygen atoms in total. The Hall–Kier alpha value is -1.30. The van der Waals surface area contributed by atoms with E-state index >= 15 is 0 Å². The first-order valence-corrected chi connectivity index (χ1v) is 6.14. The van der Waals surface area contributed by atoms with Crippen LogP contribution in [0.1, 0.15) is 40.5 Å². The predicted octanol–water partition coefficient (Wildman–Crippen LogP) is 2.19. The molecule has 0 saturated carbocycles. The summed E-state index contributed by atoms with van der Waals surface area (Å²) in [6.45, 7) is 8.07. The summed E-state index contributed by atoms with van der Waals surface area (Å²) in [6.07, 6.45) is -0.739. The quantitative estimate of drug-likeness (QED) is 0.654. The predicted molar refractivity (Wildman–Crippen MR) is 65.9 cm³/mol. The molecule has 18 heavy (non-hydrogen) atoms. The standard InChI is InChI=1S/C12H23NO5/c1-8(2)5-6-17-12(16)13-18-10(11(14)15)7-9(3)4/h8-10H,5-7H2,1-4H3,(H,13,16)(H,14,15)/t10-/m1/s1. The Labute approximate surface area is 108 Å². The summed E-state index contributed by atoms with van der Waals surface area (Å²) in [6, 6.07) is 0. The Morgan fingerprint density at radius 3 is 2.22 bits per heavy atom. The molecule has 0 saturated heterocycles. The molecule has 0 fully saturated rings. The van der Waals surface area contributed by atoms with E-state index in [1.807, 2.05) is 33.2 Å². The number of ether oxygens (including phenoxy) is 1. The Morgan fingerprint density at radius 1 is 1.17 bits per heavy atom. The molecule has 1 amide bonds. The molecule has 0 aromatic heterocycles. The minimum atomic E-state index is -1.11. The number of rotatable bonds is 8. The third kappa shape index (κ3) is 8.81. The molecule has 0 bridgehead atoms. The van der Waals surface area contributed by atoms with Gasteiger partial charge in [0.15, 0.2) is 6.10 Å². The number of hydrogen-bond donors (Lipinski definition) is 2. The fraction of sp³-hybridized carbons (Fsp3) is 0.833. The molecule has 0 aromatic rings. The second-order valence-corrected chi connectivity index (χ2v) is 4.99. The van der Waals surface area contributed by atoms with Gasteiger partial charge in [0, 0.05) is 0 Å². The molecule has 0 radical (unpaired) electrons. The second-order valence-electron chi connectivity index (χ2n) is 4.99. The van der Waals surface area contributed by atoms with Crippen molar-refractivity contribution in [2.24, 2.45) is 11.8 Å². The van der Waals surface area contributed by atoms with E-state index < -0.39 is 18.2 Å². The second kappa shape index (κ2) is 8.74. The first kappa shape index (κ1) is 16.7. The van der Waals surface area contributed by atoms with Crippen molar-refractivity contribution in [1.82, 2.24) is 5.48 Å². The summed E-state index contributed by atoms with van der Waals surface area (Å²) < 4.78 is 4.82. The Morgan fingerprint density at radius 2 is 1.78 bits per heavy atom. The van der Waals surface area contributed by atoms with Gasteiger partial charge in [-0.05, 0) is 24.7 Å². The first-order chi connectivity index (χ1) is 8.32. The number of aliphatic carboxylic acids is 1. The van der Waals surface area contributed by atoms with E-state index in [1.54, 1.807) is 0 Å². The van der Waals surface area contributed by atoms with Crippen LogP contribution < -0.4 is 5.48 Å². The lowest BCUT2D eigenvalue weighted by molar-refractivity contribution is -0.156. The highest BCUT2D eigenvalue weighted by Crippen LogP contribution is 2.07. The molecular formula is C12H23NO5. The highest BCUT2D eigenvalue weighted by Gasteiger charge is 2.21. The van der Waals surface area contributed by atoms with Gasteiger partial charge >= 0.3 is 12.1 Å². The van der Waals surface area contributed by atoms with Crippen LogP contribution in [0, 0.1) is 11.8 Å². The molecule has 0 aromatic carbocycles. The fourth-order valence-electron chi connectivity index (χ4n) is 1.16. The van der Waals surface area contributed by atoms with Gasteiger partial charge in [-0.2, -0.15) is 5.48 Å². The number of amides is 1. The number of carbonyl (C=O) groups excluding carboxylic acids is 1. The van der Waals surface area contributed by atoms with E-state index in [2.05, 4.69) is 0 Å². The summed E-state index contributed by atoms with van der Waals surface area (Å²) >= 11 is 0. The van der Waals surface area contributed by atoms with Crippen molar-refractivity contribution >= 4 is 12.1 Å². The van der Waals surface area contributed by atoms with Gasteiger partial charge in [-0.3, -0.25) is 4.84 Å². The monoisotopic (exact) mass is 261 g/mol. The van der Waals surface area contributed by atoms with Crippen molar-refractivity contribution in [1.29, 1.82) is 0 Å². The molecule has 2 N–H and O–H groups in total. The lowest BCUT2D eigenvalue weighted by Crippen LogP contribution is -2.35. The minimum absolute atomic E-state index is 0.157. The summed E-state index contributed by atoms with van der Waals surface area (Å²) in [5, 5.41) is 8.87. The zero-order valence-corrected chi connectivity index (χ0v) is 11.4. The molecule has 0 rings (SSSR count). The molecule has 0 aliphatic rings. The van der Waals surface area contributed by atoms with Gasteiger partial charge in [0.05, 0.1) is 6.61 Å². The molecule has 0 heterocycles. The van der Waals surface area contributed by atoms with Crippen LogP contribution in [-0.2, 0) is 14.4 Å². The van der Waals surface area contributed by atoms with Crippen LogP contribution in [0.4, 0.5) is 4.79 Å². The molecule has 106 valence electrons. The van der Waals surface area contributed by atoms with Crippen LogP contribution in [0.5, 0.6) is 0 Å². The molecule has 0 aliphatic carbocycles.